The number of amides is 1. The van der Waals surface area contributed by atoms with Gasteiger partial charge < -0.3 is 14.9 Å². The van der Waals surface area contributed by atoms with Crippen molar-refractivity contribution in [2.75, 3.05) is 26.2 Å². The van der Waals surface area contributed by atoms with E-state index in [4.69, 9.17) is 0 Å². The van der Waals surface area contributed by atoms with Gasteiger partial charge in [-0.3, -0.25) is 19.7 Å². The van der Waals surface area contributed by atoms with E-state index in [1.54, 1.807) is 0 Å². The molecule has 0 aliphatic carbocycles. The molecule has 0 bridgehead atoms. The number of unbranched alkanes of at least 4 members (excludes halogenated alkanes) is 2. The van der Waals surface area contributed by atoms with Crippen LogP contribution >= 0.6 is 11.3 Å². The molecule has 2 heterocycles. The Hall–Kier alpha value is -3.04. The van der Waals surface area contributed by atoms with Crippen molar-refractivity contribution < 1.29 is 19.6 Å². The first kappa shape index (κ1) is 26.6. The summed E-state index contributed by atoms with van der Waals surface area (Å²) in [7, 11) is 0. The summed E-state index contributed by atoms with van der Waals surface area (Å²) in [6.07, 6.45) is 5.18. The van der Waals surface area contributed by atoms with Crippen molar-refractivity contribution in [2.24, 2.45) is 0 Å². The van der Waals surface area contributed by atoms with Gasteiger partial charge in [0.2, 0.25) is 0 Å². The lowest BCUT2D eigenvalue weighted by Crippen LogP contribution is -2.34. The molecule has 1 aromatic carbocycles. The number of non-ortho nitro benzene ring substituents is 1. The SMILES string of the molecule is CCCCN(CCCC)CCCN1C(=O)C(=O)C(=C(O)c2cccc([N+](=O)[O-])c2)[C@H]1c1cccs1. The van der Waals surface area contributed by atoms with Crippen LogP contribution in [-0.4, -0.2) is 57.7 Å². The molecule has 1 atom stereocenters. The number of aliphatic hydroxyl groups excluding tert-OH is 1. The van der Waals surface area contributed by atoms with E-state index in [1.807, 2.05) is 17.5 Å². The summed E-state index contributed by atoms with van der Waals surface area (Å²) >= 11 is 1.40. The number of likely N-dealkylation sites (tertiary alicyclic amines) is 1. The van der Waals surface area contributed by atoms with Crippen molar-refractivity contribution in [3.8, 4) is 0 Å². The van der Waals surface area contributed by atoms with Crippen LogP contribution in [0, 0.1) is 10.1 Å². The number of benzene rings is 1. The number of ketones is 1. The summed E-state index contributed by atoms with van der Waals surface area (Å²) in [6, 6.07) is 8.44. The fraction of sp³-hybridized carbons (Fsp3) is 0.462. The highest BCUT2D eigenvalue weighted by molar-refractivity contribution is 7.10. The highest BCUT2D eigenvalue weighted by Gasteiger charge is 2.46. The van der Waals surface area contributed by atoms with Crippen LogP contribution in [-0.2, 0) is 9.59 Å². The Morgan fingerprint density at radius 3 is 2.37 bits per heavy atom. The quantitative estimate of drug-likeness (QED) is 0.131. The standard InChI is InChI=1S/C26H33N3O5S/c1-3-5-13-27(14-6-4-2)15-9-16-28-23(21-12-8-17-35-21)22(25(31)26(28)32)24(30)19-10-7-11-20(18-19)29(33)34/h7-8,10-12,17-18,23,30H,3-6,9,13-16H2,1-2H3/t23-/m1/s1. The maximum Gasteiger partial charge on any atom is 0.295 e. The van der Waals surface area contributed by atoms with E-state index in [2.05, 4.69) is 18.7 Å². The van der Waals surface area contributed by atoms with Gasteiger partial charge in [-0.25, -0.2) is 0 Å². The molecule has 0 spiro atoms. The van der Waals surface area contributed by atoms with Crippen LogP contribution in [0.25, 0.3) is 5.76 Å². The Balaban J connectivity index is 1.88. The van der Waals surface area contributed by atoms with Crippen molar-refractivity contribution in [3.63, 3.8) is 0 Å². The lowest BCUT2D eigenvalue weighted by molar-refractivity contribution is -0.384. The Morgan fingerprint density at radius 2 is 1.77 bits per heavy atom. The van der Waals surface area contributed by atoms with Gasteiger partial charge in [0.05, 0.1) is 16.5 Å². The van der Waals surface area contributed by atoms with Gasteiger partial charge in [0.25, 0.3) is 17.4 Å². The van der Waals surface area contributed by atoms with Crippen molar-refractivity contribution >= 4 is 34.5 Å². The molecule has 1 amide bonds. The fourth-order valence-electron chi connectivity index (χ4n) is 4.34. The first-order valence-corrected chi connectivity index (χ1v) is 13.1. The van der Waals surface area contributed by atoms with E-state index in [0.717, 1.165) is 50.2 Å². The maximum atomic E-state index is 13.1. The number of hydrogen-bond donors (Lipinski definition) is 1. The van der Waals surface area contributed by atoms with Crippen molar-refractivity contribution in [2.45, 2.75) is 52.0 Å². The van der Waals surface area contributed by atoms with E-state index in [9.17, 15) is 24.8 Å². The number of nitrogens with zero attached hydrogens (tertiary/aromatic N) is 3. The van der Waals surface area contributed by atoms with Gasteiger partial charge in [-0.05, 0) is 50.3 Å². The number of carbonyl (C=O) groups excluding carboxylic acids is 2. The van der Waals surface area contributed by atoms with Crippen LogP contribution in [0.5, 0.6) is 0 Å². The van der Waals surface area contributed by atoms with Crippen molar-refractivity contribution in [3.05, 3.63) is 67.9 Å². The zero-order valence-electron chi connectivity index (χ0n) is 20.3. The molecule has 0 saturated carbocycles. The monoisotopic (exact) mass is 499 g/mol. The Kier molecular flexibility index (Phi) is 9.56. The molecule has 1 aliphatic heterocycles. The third kappa shape index (κ3) is 6.35. The molecule has 8 nitrogen and oxygen atoms in total. The van der Waals surface area contributed by atoms with Crippen LogP contribution in [0.15, 0.2) is 47.4 Å². The maximum absolute atomic E-state index is 13.1. The van der Waals surface area contributed by atoms with Crippen LogP contribution < -0.4 is 0 Å². The van der Waals surface area contributed by atoms with Crippen LogP contribution in [0.1, 0.15) is 62.4 Å². The fourth-order valence-corrected chi connectivity index (χ4v) is 5.18. The van der Waals surface area contributed by atoms with Gasteiger partial charge in [-0.2, -0.15) is 0 Å². The molecule has 35 heavy (non-hydrogen) atoms. The number of aliphatic hydroxyl groups is 1. The van der Waals surface area contributed by atoms with Crippen LogP contribution in [0.3, 0.4) is 0 Å². The summed E-state index contributed by atoms with van der Waals surface area (Å²) in [4.78, 5) is 41.5. The lowest BCUT2D eigenvalue weighted by Gasteiger charge is -2.26. The molecular weight excluding hydrogens is 466 g/mol. The number of nitro groups is 1. The normalized spacial score (nSPS) is 17.5. The first-order valence-electron chi connectivity index (χ1n) is 12.2. The van der Waals surface area contributed by atoms with E-state index in [1.165, 1.54) is 40.5 Å². The Morgan fingerprint density at radius 1 is 1.09 bits per heavy atom. The average Bonchev–Trinajstić information content (AvgIpc) is 3.47. The number of nitro benzene ring substituents is 1. The largest absolute Gasteiger partial charge is 0.507 e. The summed E-state index contributed by atoms with van der Waals surface area (Å²) in [5.74, 6) is -1.80. The second-order valence-electron chi connectivity index (χ2n) is 8.72. The zero-order valence-corrected chi connectivity index (χ0v) is 21.1. The Bertz CT molecular complexity index is 1060. The predicted octanol–water partition coefficient (Wildman–Crippen LogP) is 5.37. The molecule has 9 heteroatoms. The summed E-state index contributed by atoms with van der Waals surface area (Å²) < 4.78 is 0. The molecule has 1 saturated heterocycles. The molecule has 1 fully saturated rings. The molecule has 3 rings (SSSR count). The Labute approximate surface area is 210 Å². The highest BCUT2D eigenvalue weighted by Crippen LogP contribution is 2.41. The van der Waals surface area contributed by atoms with Crippen molar-refractivity contribution in [1.29, 1.82) is 0 Å². The number of carbonyl (C=O) groups is 2. The van der Waals surface area contributed by atoms with Crippen molar-refractivity contribution in [1.82, 2.24) is 9.80 Å². The van der Waals surface area contributed by atoms with Gasteiger partial charge in [0.15, 0.2) is 0 Å². The molecular formula is C26H33N3O5S. The lowest BCUT2D eigenvalue weighted by atomic mass is 9.99. The third-order valence-electron chi connectivity index (χ3n) is 6.21. The van der Waals surface area contributed by atoms with E-state index < -0.39 is 22.7 Å². The molecule has 2 aromatic rings. The van der Waals surface area contributed by atoms with E-state index in [-0.39, 0.29) is 22.6 Å². The van der Waals surface area contributed by atoms with Crippen LogP contribution in [0.4, 0.5) is 5.69 Å². The number of rotatable bonds is 13. The smallest absolute Gasteiger partial charge is 0.295 e. The molecule has 188 valence electrons. The second-order valence-corrected chi connectivity index (χ2v) is 9.70. The van der Waals surface area contributed by atoms with Gasteiger partial charge in [0, 0.05) is 29.1 Å². The number of thiophene rings is 1. The predicted molar refractivity (Wildman–Crippen MR) is 137 cm³/mol. The highest BCUT2D eigenvalue weighted by atomic mass is 32.1. The second kappa shape index (κ2) is 12.6. The van der Waals surface area contributed by atoms with E-state index >= 15 is 0 Å². The van der Waals surface area contributed by atoms with Gasteiger partial charge in [-0.1, -0.05) is 44.9 Å². The molecule has 0 unspecified atom stereocenters. The number of Topliss-reactive ketones (excluding diaryl/α,β-unsaturated/α-hetero) is 1. The molecule has 1 aliphatic rings. The summed E-state index contributed by atoms with van der Waals surface area (Å²) in [5, 5.41) is 24.1. The third-order valence-corrected chi connectivity index (χ3v) is 7.14. The summed E-state index contributed by atoms with van der Waals surface area (Å²) in [5.41, 5.74) is -0.0777. The molecule has 0 radical (unpaired) electrons. The minimum atomic E-state index is -0.763. The van der Waals surface area contributed by atoms with E-state index in [0.29, 0.717) is 13.0 Å². The molecule has 1 N–H and O–H groups in total. The zero-order chi connectivity index (χ0) is 25.4. The topological polar surface area (TPSA) is 104 Å². The minimum Gasteiger partial charge on any atom is -0.507 e. The number of hydrogen-bond acceptors (Lipinski definition) is 7. The summed E-state index contributed by atoms with van der Waals surface area (Å²) in [6.45, 7) is 7.56. The van der Waals surface area contributed by atoms with Crippen LogP contribution in [0.2, 0.25) is 0 Å². The van der Waals surface area contributed by atoms with Gasteiger partial charge >= 0.3 is 0 Å². The molecule has 1 aromatic heterocycles. The minimum absolute atomic E-state index is 0.0215. The van der Waals surface area contributed by atoms with Gasteiger partial charge in [-0.15, -0.1) is 11.3 Å². The average molecular weight is 500 g/mol. The van der Waals surface area contributed by atoms with Gasteiger partial charge in [0.1, 0.15) is 5.76 Å². The first-order chi connectivity index (χ1) is 16.9.